The first-order valence-electron chi connectivity index (χ1n) is 6.32. The molecule has 24 heavy (non-hydrogen) atoms. The average molecular weight is 390 g/mol. The largest absolute Gasteiger partial charge is 0.416 e. The zero-order chi connectivity index (χ0) is 17.5. The van der Waals surface area contributed by atoms with Gasteiger partial charge in [-0.25, -0.2) is 9.37 Å². The van der Waals surface area contributed by atoms with Crippen molar-refractivity contribution in [3.8, 4) is 10.6 Å². The Bertz CT molecular complexity index is 873. The van der Waals surface area contributed by atoms with Crippen LogP contribution in [-0.2, 0) is 11.0 Å². The lowest BCUT2D eigenvalue weighted by Crippen LogP contribution is -2.17. The Kier molecular flexibility index (Phi) is 4.45. The van der Waals surface area contributed by atoms with Gasteiger partial charge in [0.1, 0.15) is 15.1 Å². The van der Waals surface area contributed by atoms with Crippen LogP contribution in [0.3, 0.4) is 0 Å². The number of benzene rings is 1. The van der Waals surface area contributed by atoms with E-state index in [4.69, 9.17) is 12.2 Å². The molecule has 0 unspecified atom stereocenters. The number of alkyl halides is 3. The first-order chi connectivity index (χ1) is 11.2. The summed E-state index contributed by atoms with van der Waals surface area (Å²) < 4.78 is 52.5. The topological polar surface area (TPSA) is 42.0 Å². The van der Waals surface area contributed by atoms with E-state index >= 15 is 0 Å². The van der Waals surface area contributed by atoms with Crippen molar-refractivity contribution in [1.82, 2.24) is 10.3 Å². The van der Waals surface area contributed by atoms with Gasteiger partial charge in [-0.15, -0.1) is 11.3 Å². The molecule has 124 valence electrons. The Morgan fingerprint density at radius 2 is 2.04 bits per heavy atom. The van der Waals surface area contributed by atoms with Crippen molar-refractivity contribution in [3.63, 3.8) is 0 Å². The molecular formula is C14H6F4N2OS3. The van der Waals surface area contributed by atoms with Crippen molar-refractivity contribution >= 4 is 51.6 Å². The van der Waals surface area contributed by atoms with E-state index in [1.807, 2.05) is 0 Å². The molecule has 1 aliphatic rings. The van der Waals surface area contributed by atoms with Crippen LogP contribution in [0.2, 0.25) is 0 Å². The maximum Gasteiger partial charge on any atom is 0.416 e. The van der Waals surface area contributed by atoms with Crippen LogP contribution in [0.4, 0.5) is 17.6 Å². The van der Waals surface area contributed by atoms with Crippen LogP contribution in [-0.4, -0.2) is 15.2 Å². The van der Waals surface area contributed by atoms with Crippen molar-refractivity contribution in [2.45, 2.75) is 6.18 Å². The van der Waals surface area contributed by atoms with Crippen LogP contribution in [0.25, 0.3) is 16.6 Å². The first kappa shape index (κ1) is 17.1. The summed E-state index contributed by atoms with van der Waals surface area (Å²) in [6.07, 6.45) is -1.70. The normalized spacial score (nSPS) is 16.8. The summed E-state index contributed by atoms with van der Waals surface area (Å²) in [7, 11) is 0. The zero-order valence-corrected chi connectivity index (χ0v) is 13.9. The average Bonchev–Trinajstić information content (AvgIpc) is 3.05. The Morgan fingerprint density at radius 3 is 2.67 bits per heavy atom. The molecule has 1 saturated heterocycles. The summed E-state index contributed by atoms with van der Waals surface area (Å²) in [6, 6.07) is 2.16. The molecule has 1 N–H and O–H groups in total. The third-order valence-corrected chi connectivity index (χ3v) is 5.10. The van der Waals surface area contributed by atoms with Crippen LogP contribution in [0, 0.1) is 5.82 Å². The van der Waals surface area contributed by atoms with E-state index in [0.29, 0.717) is 20.2 Å². The molecule has 10 heteroatoms. The molecule has 2 heterocycles. The van der Waals surface area contributed by atoms with Crippen LogP contribution >= 0.6 is 35.3 Å². The predicted octanol–water partition coefficient (Wildman–Crippen LogP) is 4.46. The number of hydrogen-bond acceptors (Lipinski definition) is 5. The maximum atomic E-state index is 13.9. The summed E-state index contributed by atoms with van der Waals surface area (Å²) in [5.74, 6) is -1.16. The number of halogens is 4. The van der Waals surface area contributed by atoms with Crippen molar-refractivity contribution in [2.75, 3.05) is 0 Å². The Morgan fingerprint density at radius 1 is 1.29 bits per heavy atom. The van der Waals surface area contributed by atoms with Gasteiger partial charge in [0.25, 0.3) is 5.91 Å². The fourth-order valence-corrected chi connectivity index (χ4v) is 3.88. The van der Waals surface area contributed by atoms with Crippen LogP contribution in [0.1, 0.15) is 10.4 Å². The van der Waals surface area contributed by atoms with E-state index in [0.717, 1.165) is 35.2 Å². The van der Waals surface area contributed by atoms with Crippen LogP contribution in [0.5, 0.6) is 0 Å². The summed E-state index contributed by atoms with van der Waals surface area (Å²) >= 11 is 6.91. The van der Waals surface area contributed by atoms with Gasteiger partial charge < -0.3 is 5.32 Å². The number of thiazole rings is 1. The molecule has 0 saturated carbocycles. The number of carbonyl (C=O) groups is 1. The lowest BCUT2D eigenvalue weighted by atomic mass is 10.1. The van der Waals surface area contributed by atoms with E-state index in [2.05, 4.69) is 10.3 Å². The predicted molar refractivity (Wildman–Crippen MR) is 88.8 cm³/mol. The second kappa shape index (κ2) is 6.26. The second-order valence-corrected chi connectivity index (χ2v) is 7.39. The van der Waals surface area contributed by atoms with Crippen molar-refractivity contribution in [1.29, 1.82) is 0 Å². The van der Waals surface area contributed by atoms with Gasteiger partial charge in [-0.3, -0.25) is 4.79 Å². The van der Waals surface area contributed by atoms with Crippen LogP contribution < -0.4 is 5.32 Å². The van der Waals surface area contributed by atoms with E-state index in [1.54, 1.807) is 0 Å². The molecule has 0 atom stereocenters. The summed E-state index contributed by atoms with van der Waals surface area (Å²) in [5.41, 5.74) is -1.19. The molecule has 1 fully saturated rings. The van der Waals surface area contributed by atoms with Gasteiger partial charge in [-0.05, 0) is 24.3 Å². The zero-order valence-electron chi connectivity index (χ0n) is 11.5. The highest BCUT2D eigenvalue weighted by atomic mass is 32.2. The summed E-state index contributed by atoms with van der Waals surface area (Å²) in [4.78, 5) is 16.4. The van der Waals surface area contributed by atoms with Crippen molar-refractivity contribution < 1.29 is 22.4 Å². The summed E-state index contributed by atoms with van der Waals surface area (Å²) in [6.45, 7) is 0. The second-order valence-electron chi connectivity index (χ2n) is 4.61. The molecule has 3 rings (SSSR count). The molecular weight excluding hydrogens is 384 g/mol. The molecule has 2 aromatic rings. The van der Waals surface area contributed by atoms with Gasteiger partial charge in [-0.2, -0.15) is 13.2 Å². The number of amides is 1. The third-order valence-electron chi connectivity index (χ3n) is 2.96. The molecule has 1 amide bonds. The lowest BCUT2D eigenvalue weighted by molar-refractivity contribution is -0.137. The molecule has 1 aromatic carbocycles. The highest BCUT2D eigenvalue weighted by Crippen LogP contribution is 2.36. The molecule has 0 aliphatic carbocycles. The smallest absolute Gasteiger partial charge is 0.307 e. The SMILES string of the molecule is O=C1NC(=S)SC1=Cc1cnc(-c2cc(C(F)(F)F)ccc2F)s1. The van der Waals surface area contributed by atoms with E-state index in [-0.39, 0.29) is 16.5 Å². The number of thiocarbonyl (C=S) groups is 1. The minimum absolute atomic E-state index is 0.0939. The quantitative estimate of drug-likeness (QED) is 0.467. The number of rotatable bonds is 2. The third kappa shape index (κ3) is 3.50. The minimum Gasteiger partial charge on any atom is -0.307 e. The van der Waals surface area contributed by atoms with E-state index in [9.17, 15) is 22.4 Å². The van der Waals surface area contributed by atoms with Crippen molar-refractivity contribution in [2.24, 2.45) is 0 Å². The number of thioether (sulfide) groups is 1. The highest BCUT2D eigenvalue weighted by molar-refractivity contribution is 8.26. The highest BCUT2D eigenvalue weighted by Gasteiger charge is 2.31. The molecule has 1 aromatic heterocycles. The van der Waals surface area contributed by atoms with Crippen LogP contribution in [0.15, 0.2) is 29.3 Å². The fourth-order valence-electron chi connectivity index (χ4n) is 1.89. The standard InChI is InChI=1S/C14H6F4N2OS3/c15-9-2-1-6(14(16,17)18)3-8(9)12-19-5-7(23-12)4-10-11(21)20-13(22)24-10/h1-5H,(H,20,21,22). The molecule has 0 radical (unpaired) electrons. The Hall–Kier alpha value is -1.78. The minimum atomic E-state index is -4.57. The monoisotopic (exact) mass is 390 g/mol. The van der Waals surface area contributed by atoms with Gasteiger partial charge in [-0.1, -0.05) is 24.0 Å². The lowest BCUT2D eigenvalue weighted by Gasteiger charge is -2.08. The number of nitrogens with zero attached hydrogens (tertiary/aromatic N) is 1. The van der Waals surface area contributed by atoms with Gasteiger partial charge in [0.15, 0.2) is 0 Å². The van der Waals surface area contributed by atoms with Gasteiger partial charge in [0.2, 0.25) is 0 Å². The van der Waals surface area contributed by atoms with Crippen molar-refractivity contribution in [3.05, 3.63) is 45.6 Å². The van der Waals surface area contributed by atoms with E-state index in [1.165, 1.54) is 12.3 Å². The first-order valence-corrected chi connectivity index (χ1v) is 8.36. The summed E-state index contributed by atoms with van der Waals surface area (Å²) in [5, 5.41) is 2.54. The van der Waals surface area contributed by atoms with Gasteiger partial charge in [0.05, 0.1) is 10.5 Å². The Balaban J connectivity index is 1.95. The van der Waals surface area contributed by atoms with Gasteiger partial charge >= 0.3 is 6.18 Å². The number of nitrogens with one attached hydrogen (secondary N) is 1. The molecule has 1 aliphatic heterocycles. The number of hydrogen-bond donors (Lipinski definition) is 1. The molecule has 3 nitrogen and oxygen atoms in total. The van der Waals surface area contributed by atoms with Gasteiger partial charge in [0, 0.05) is 16.6 Å². The number of carbonyl (C=O) groups excluding carboxylic acids is 1. The fraction of sp³-hybridized carbons (Fsp3) is 0.0714. The van der Waals surface area contributed by atoms with E-state index < -0.39 is 17.6 Å². The maximum absolute atomic E-state index is 13.9. The molecule has 0 bridgehead atoms. The molecule has 0 spiro atoms. The number of aromatic nitrogens is 1. The Labute approximate surface area is 146 Å².